The third-order valence-corrected chi connectivity index (χ3v) is 2.72. The van der Waals surface area contributed by atoms with Crippen LogP contribution in [-0.4, -0.2) is 10.6 Å². The van der Waals surface area contributed by atoms with Gasteiger partial charge in [-0.25, -0.2) is 0 Å². The summed E-state index contributed by atoms with van der Waals surface area (Å²) in [5.74, 6) is 0.367. The Labute approximate surface area is 105 Å². The van der Waals surface area contributed by atoms with Gasteiger partial charge in [0.25, 0.3) is 0 Å². The van der Waals surface area contributed by atoms with E-state index in [1.54, 1.807) is 6.07 Å². The second kappa shape index (κ2) is 5.09. The van der Waals surface area contributed by atoms with E-state index in [-0.39, 0.29) is 5.54 Å². The fourth-order valence-electron chi connectivity index (χ4n) is 2.38. The first-order valence-corrected chi connectivity index (χ1v) is 6.22. The zero-order valence-electron chi connectivity index (χ0n) is 11.7. The maximum atomic E-state index is 9.70. The molecule has 0 aromatic heterocycles. The van der Waals surface area contributed by atoms with Crippen molar-refractivity contribution in [2.75, 3.05) is 0 Å². The SMILES string of the molecule is CC(C)(C)CC(C)(C)NCc1ccccc1O. The Kier molecular flexibility index (Phi) is 4.21. The molecule has 0 aliphatic heterocycles. The molecular formula is C15H25NO. The van der Waals surface area contributed by atoms with Crippen LogP contribution in [0.2, 0.25) is 0 Å². The average Bonchev–Trinajstić information content (AvgIpc) is 2.13. The van der Waals surface area contributed by atoms with Crippen molar-refractivity contribution in [3.8, 4) is 5.75 Å². The van der Waals surface area contributed by atoms with Crippen molar-refractivity contribution in [1.29, 1.82) is 0 Å². The van der Waals surface area contributed by atoms with Crippen molar-refractivity contribution in [3.63, 3.8) is 0 Å². The van der Waals surface area contributed by atoms with Crippen molar-refractivity contribution < 1.29 is 5.11 Å². The summed E-state index contributed by atoms with van der Waals surface area (Å²) in [6, 6.07) is 7.48. The van der Waals surface area contributed by atoms with Crippen LogP contribution in [0, 0.1) is 5.41 Å². The van der Waals surface area contributed by atoms with Crippen molar-refractivity contribution in [2.45, 2.75) is 53.1 Å². The number of aromatic hydroxyl groups is 1. The van der Waals surface area contributed by atoms with Gasteiger partial charge in [-0.05, 0) is 31.7 Å². The predicted molar refractivity (Wildman–Crippen MR) is 73.1 cm³/mol. The molecule has 2 nitrogen and oxygen atoms in total. The van der Waals surface area contributed by atoms with E-state index in [1.165, 1.54) is 0 Å². The van der Waals surface area contributed by atoms with Gasteiger partial charge < -0.3 is 10.4 Å². The summed E-state index contributed by atoms with van der Waals surface area (Å²) in [4.78, 5) is 0. The van der Waals surface area contributed by atoms with Gasteiger partial charge in [0.05, 0.1) is 0 Å². The number of benzene rings is 1. The molecule has 96 valence electrons. The first-order valence-electron chi connectivity index (χ1n) is 6.22. The zero-order chi connectivity index (χ0) is 13.1. The minimum absolute atomic E-state index is 0.0700. The Hall–Kier alpha value is -1.02. The molecule has 0 saturated carbocycles. The highest BCUT2D eigenvalue weighted by Gasteiger charge is 2.24. The first-order chi connectivity index (χ1) is 7.70. The molecule has 0 aliphatic rings. The van der Waals surface area contributed by atoms with Crippen molar-refractivity contribution in [3.05, 3.63) is 29.8 Å². The second-order valence-corrected chi connectivity index (χ2v) is 6.60. The van der Waals surface area contributed by atoms with Gasteiger partial charge in [0, 0.05) is 17.6 Å². The number of phenols is 1. The summed E-state index contributed by atoms with van der Waals surface area (Å²) in [6.07, 6.45) is 1.09. The highest BCUT2D eigenvalue weighted by atomic mass is 16.3. The van der Waals surface area contributed by atoms with Crippen LogP contribution < -0.4 is 5.32 Å². The average molecular weight is 235 g/mol. The Balaban J connectivity index is 2.59. The third kappa shape index (κ3) is 5.22. The molecule has 2 heteroatoms. The van der Waals surface area contributed by atoms with E-state index in [4.69, 9.17) is 0 Å². The normalized spacial score (nSPS) is 12.8. The number of nitrogens with one attached hydrogen (secondary N) is 1. The monoisotopic (exact) mass is 235 g/mol. The molecule has 1 aromatic rings. The van der Waals surface area contributed by atoms with Crippen molar-refractivity contribution >= 4 is 0 Å². The molecule has 0 heterocycles. The van der Waals surface area contributed by atoms with Gasteiger partial charge in [0.15, 0.2) is 0 Å². The first kappa shape index (κ1) is 14.0. The minimum atomic E-state index is 0.0700. The molecule has 0 spiro atoms. The summed E-state index contributed by atoms with van der Waals surface area (Å²) in [7, 11) is 0. The smallest absolute Gasteiger partial charge is 0.120 e. The molecule has 0 saturated heterocycles. The van der Waals surface area contributed by atoms with E-state index in [0.29, 0.717) is 17.7 Å². The minimum Gasteiger partial charge on any atom is -0.508 e. The summed E-state index contributed by atoms with van der Waals surface area (Å²) in [6.45, 7) is 11.9. The topological polar surface area (TPSA) is 32.3 Å². The van der Waals surface area contributed by atoms with E-state index in [9.17, 15) is 5.11 Å². The van der Waals surface area contributed by atoms with Crippen LogP contribution in [0.4, 0.5) is 0 Å². The van der Waals surface area contributed by atoms with Gasteiger partial charge in [-0.3, -0.25) is 0 Å². The van der Waals surface area contributed by atoms with E-state index < -0.39 is 0 Å². The lowest BCUT2D eigenvalue weighted by molar-refractivity contribution is 0.240. The van der Waals surface area contributed by atoms with Gasteiger partial charge >= 0.3 is 0 Å². The molecule has 1 rings (SSSR count). The Morgan fingerprint density at radius 1 is 1.06 bits per heavy atom. The Bertz CT molecular complexity index is 363. The van der Waals surface area contributed by atoms with Crippen LogP contribution in [-0.2, 0) is 6.54 Å². The summed E-state index contributed by atoms with van der Waals surface area (Å²) in [5, 5.41) is 13.2. The van der Waals surface area contributed by atoms with Crippen LogP contribution in [0.3, 0.4) is 0 Å². The third-order valence-electron chi connectivity index (χ3n) is 2.72. The molecule has 2 N–H and O–H groups in total. The van der Waals surface area contributed by atoms with Crippen LogP contribution in [0.15, 0.2) is 24.3 Å². The van der Waals surface area contributed by atoms with Gasteiger partial charge in [-0.15, -0.1) is 0 Å². The largest absolute Gasteiger partial charge is 0.508 e. The molecule has 0 fully saturated rings. The van der Waals surface area contributed by atoms with E-state index in [2.05, 4.69) is 39.9 Å². The zero-order valence-corrected chi connectivity index (χ0v) is 11.7. The van der Waals surface area contributed by atoms with Crippen LogP contribution in [0.25, 0.3) is 0 Å². The number of hydrogen-bond acceptors (Lipinski definition) is 2. The highest BCUT2D eigenvalue weighted by Crippen LogP contribution is 2.27. The molecule has 0 radical (unpaired) electrons. The van der Waals surface area contributed by atoms with E-state index >= 15 is 0 Å². The summed E-state index contributed by atoms with van der Waals surface area (Å²) in [5.41, 5.74) is 1.32. The van der Waals surface area contributed by atoms with Gasteiger partial charge in [0.1, 0.15) is 5.75 Å². The maximum Gasteiger partial charge on any atom is 0.120 e. The highest BCUT2D eigenvalue weighted by molar-refractivity contribution is 5.31. The summed E-state index contributed by atoms with van der Waals surface area (Å²) < 4.78 is 0. The van der Waals surface area contributed by atoms with Crippen LogP contribution in [0.5, 0.6) is 5.75 Å². The predicted octanol–water partition coefficient (Wildman–Crippen LogP) is 3.70. The number of phenolic OH excluding ortho intramolecular Hbond substituents is 1. The second-order valence-electron chi connectivity index (χ2n) is 6.60. The quantitative estimate of drug-likeness (QED) is 0.834. The lowest BCUT2D eigenvalue weighted by Gasteiger charge is -2.33. The van der Waals surface area contributed by atoms with E-state index in [1.807, 2.05) is 18.2 Å². The van der Waals surface area contributed by atoms with E-state index in [0.717, 1.165) is 12.0 Å². The number of para-hydroxylation sites is 1. The maximum absolute atomic E-state index is 9.70. The molecule has 0 amide bonds. The molecule has 0 atom stereocenters. The van der Waals surface area contributed by atoms with Crippen molar-refractivity contribution in [1.82, 2.24) is 5.32 Å². The lowest BCUT2D eigenvalue weighted by atomic mass is 9.82. The van der Waals surface area contributed by atoms with Crippen LogP contribution >= 0.6 is 0 Å². The van der Waals surface area contributed by atoms with Gasteiger partial charge in [-0.2, -0.15) is 0 Å². The number of hydrogen-bond donors (Lipinski definition) is 2. The molecule has 0 unspecified atom stereocenters. The molecule has 17 heavy (non-hydrogen) atoms. The Morgan fingerprint density at radius 3 is 2.18 bits per heavy atom. The standard InChI is InChI=1S/C15H25NO/c1-14(2,3)11-15(4,5)16-10-12-8-6-7-9-13(12)17/h6-9,16-17H,10-11H2,1-5H3. The molecule has 0 aliphatic carbocycles. The lowest BCUT2D eigenvalue weighted by Crippen LogP contribution is -2.41. The van der Waals surface area contributed by atoms with Gasteiger partial charge in [0.2, 0.25) is 0 Å². The molecule has 0 bridgehead atoms. The number of rotatable bonds is 4. The molecule has 1 aromatic carbocycles. The van der Waals surface area contributed by atoms with Crippen molar-refractivity contribution in [2.24, 2.45) is 5.41 Å². The van der Waals surface area contributed by atoms with Gasteiger partial charge in [-0.1, -0.05) is 39.0 Å². The summed E-state index contributed by atoms with van der Waals surface area (Å²) >= 11 is 0. The fraction of sp³-hybridized carbons (Fsp3) is 0.600. The van der Waals surface area contributed by atoms with Crippen LogP contribution in [0.1, 0.15) is 46.6 Å². The molecular weight excluding hydrogens is 210 g/mol. The fourth-order valence-corrected chi connectivity index (χ4v) is 2.38. The Morgan fingerprint density at radius 2 is 1.65 bits per heavy atom.